The van der Waals surface area contributed by atoms with Gasteiger partial charge in [0.15, 0.2) is 0 Å². The maximum atomic E-state index is 12.3. The van der Waals surface area contributed by atoms with Crippen molar-refractivity contribution in [3.63, 3.8) is 0 Å². The Morgan fingerprint density at radius 2 is 1.83 bits per heavy atom. The highest BCUT2D eigenvalue weighted by molar-refractivity contribution is 5.85. The van der Waals surface area contributed by atoms with Gasteiger partial charge in [0.25, 0.3) is 0 Å². The first-order valence-corrected chi connectivity index (χ1v) is 8.60. The molecule has 7 heteroatoms. The van der Waals surface area contributed by atoms with E-state index >= 15 is 0 Å². The second kappa shape index (κ2) is 12.3. The van der Waals surface area contributed by atoms with Crippen LogP contribution in [0.4, 0.5) is 0 Å². The Morgan fingerprint density at radius 3 is 2.35 bits per heavy atom. The fourth-order valence-electron chi connectivity index (χ4n) is 3.25. The molecule has 2 aliphatic rings. The lowest BCUT2D eigenvalue weighted by atomic mass is 10.1. The Kier molecular flexibility index (Phi) is 12.3. The monoisotopic (exact) mass is 369 g/mol. The summed E-state index contributed by atoms with van der Waals surface area (Å²) in [6, 6.07) is 0.0742. The van der Waals surface area contributed by atoms with Gasteiger partial charge in [0.05, 0.1) is 18.8 Å². The highest BCUT2D eigenvalue weighted by Crippen LogP contribution is 2.17. The van der Waals surface area contributed by atoms with E-state index in [1.165, 1.54) is 0 Å². The van der Waals surface area contributed by atoms with E-state index in [-0.39, 0.29) is 30.9 Å². The Labute approximate surface area is 153 Å². The van der Waals surface area contributed by atoms with Crippen LogP contribution in [0.5, 0.6) is 0 Å². The van der Waals surface area contributed by atoms with E-state index < -0.39 is 0 Å². The molecule has 0 aromatic carbocycles. The Bertz CT molecular complexity index is 316. The molecule has 2 fully saturated rings. The zero-order valence-electron chi connectivity index (χ0n) is 14.5. The van der Waals surface area contributed by atoms with Crippen molar-refractivity contribution in [2.24, 2.45) is 0 Å². The predicted molar refractivity (Wildman–Crippen MR) is 98.9 cm³/mol. The van der Waals surface area contributed by atoms with Crippen LogP contribution in [0.15, 0.2) is 0 Å². The van der Waals surface area contributed by atoms with Gasteiger partial charge in [-0.25, -0.2) is 0 Å². The zero-order chi connectivity index (χ0) is 15.1. The number of nitrogens with one attached hydrogen (secondary N) is 1. The second-order valence-corrected chi connectivity index (χ2v) is 6.07. The summed E-state index contributed by atoms with van der Waals surface area (Å²) in [5.41, 5.74) is 0. The van der Waals surface area contributed by atoms with Crippen LogP contribution in [0.3, 0.4) is 0 Å². The van der Waals surface area contributed by atoms with Crippen LogP contribution in [0, 0.1) is 0 Å². The summed E-state index contributed by atoms with van der Waals surface area (Å²) in [4.78, 5) is 16.7. The first kappa shape index (κ1) is 22.9. The molecule has 2 aliphatic heterocycles. The van der Waals surface area contributed by atoms with Crippen molar-refractivity contribution in [1.29, 1.82) is 0 Å². The molecule has 0 saturated carbocycles. The number of amides is 1. The maximum absolute atomic E-state index is 12.3. The van der Waals surface area contributed by atoms with Gasteiger partial charge in [0, 0.05) is 19.6 Å². The third-order valence-corrected chi connectivity index (χ3v) is 4.77. The third kappa shape index (κ3) is 7.14. The molecule has 2 rings (SSSR count). The summed E-state index contributed by atoms with van der Waals surface area (Å²) in [5, 5.41) is 3.30. The number of piperidine rings is 1. The Morgan fingerprint density at radius 1 is 1.17 bits per heavy atom. The summed E-state index contributed by atoms with van der Waals surface area (Å²) in [6.45, 7) is 11.1. The lowest BCUT2D eigenvalue weighted by Crippen LogP contribution is -2.48. The summed E-state index contributed by atoms with van der Waals surface area (Å²) in [6.07, 6.45) is 4.43. The number of rotatable bonds is 7. The second-order valence-electron chi connectivity index (χ2n) is 6.07. The lowest BCUT2D eigenvalue weighted by Gasteiger charge is -2.33. The van der Waals surface area contributed by atoms with E-state index in [2.05, 4.69) is 24.1 Å². The van der Waals surface area contributed by atoms with Crippen molar-refractivity contribution in [1.82, 2.24) is 15.1 Å². The van der Waals surface area contributed by atoms with Crippen LogP contribution in [0.2, 0.25) is 0 Å². The van der Waals surface area contributed by atoms with Crippen LogP contribution in [-0.2, 0) is 9.53 Å². The molecule has 0 spiro atoms. The fourth-order valence-corrected chi connectivity index (χ4v) is 3.25. The van der Waals surface area contributed by atoms with Gasteiger partial charge in [-0.2, -0.15) is 0 Å². The topological polar surface area (TPSA) is 44.8 Å². The average Bonchev–Trinajstić information content (AvgIpc) is 3.06. The Hall–Kier alpha value is -0.0700. The number of ether oxygens (including phenoxy) is 1. The van der Waals surface area contributed by atoms with Crippen molar-refractivity contribution in [3.05, 3.63) is 0 Å². The number of likely N-dealkylation sites (N-methyl/N-ethyl adjacent to an activating group) is 1. The van der Waals surface area contributed by atoms with Crippen LogP contribution < -0.4 is 5.32 Å². The molecule has 1 amide bonds. The van der Waals surface area contributed by atoms with E-state index in [0.29, 0.717) is 12.0 Å². The quantitative estimate of drug-likeness (QED) is 0.744. The normalized spacial score (nSPS) is 21.9. The molecule has 5 nitrogen and oxygen atoms in total. The molecule has 0 aliphatic carbocycles. The SMILES string of the molecule is CCN(CC)CCOC1CCN(C(=O)C2CCCN2)CC1.Cl.Cl. The molecule has 138 valence electrons. The number of hydrogen-bond acceptors (Lipinski definition) is 4. The van der Waals surface area contributed by atoms with E-state index in [1.54, 1.807) is 0 Å². The van der Waals surface area contributed by atoms with E-state index in [0.717, 1.165) is 71.6 Å². The summed E-state index contributed by atoms with van der Waals surface area (Å²) < 4.78 is 5.98. The molecule has 0 aromatic heterocycles. The average molecular weight is 370 g/mol. The van der Waals surface area contributed by atoms with Crippen molar-refractivity contribution >= 4 is 30.7 Å². The first-order chi connectivity index (χ1) is 10.2. The van der Waals surface area contributed by atoms with E-state index in [9.17, 15) is 4.79 Å². The molecule has 1 atom stereocenters. The van der Waals surface area contributed by atoms with Gasteiger partial charge in [0.2, 0.25) is 5.91 Å². The third-order valence-electron chi connectivity index (χ3n) is 4.77. The molecule has 23 heavy (non-hydrogen) atoms. The van der Waals surface area contributed by atoms with Crippen LogP contribution in [0.25, 0.3) is 0 Å². The molecule has 2 saturated heterocycles. The van der Waals surface area contributed by atoms with Crippen LogP contribution in [-0.4, -0.2) is 73.7 Å². The van der Waals surface area contributed by atoms with Gasteiger partial charge in [-0.05, 0) is 45.3 Å². The van der Waals surface area contributed by atoms with Crippen molar-refractivity contribution in [2.45, 2.75) is 51.7 Å². The maximum Gasteiger partial charge on any atom is 0.239 e. The lowest BCUT2D eigenvalue weighted by molar-refractivity contribution is -0.135. The minimum Gasteiger partial charge on any atom is -0.377 e. The zero-order valence-corrected chi connectivity index (χ0v) is 16.1. The number of carbonyl (C=O) groups excluding carboxylic acids is 1. The predicted octanol–water partition coefficient (Wildman–Crippen LogP) is 1.93. The summed E-state index contributed by atoms with van der Waals surface area (Å²) in [5.74, 6) is 0.300. The van der Waals surface area contributed by atoms with E-state index in [4.69, 9.17) is 4.74 Å². The number of nitrogens with zero attached hydrogens (tertiary/aromatic N) is 2. The highest BCUT2D eigenvalue weighted by Gasteiger charge is 2.29. The molecule has 0 radical (unpaired) electrons. The number of likely N-dealkylation sites (tertiary alicyclic amines) is 1. The smallest absolute Gasteiger partial charge is 0.239 e. The number of hydrogen-bond donors (Lipinski definition) is 1. The van der Waals surface area contributed by atoms with Gasteiger partial charge >= 0.3 is 0 Å². The molecular formula is C16H33Cl2N3O2. The molecular weight excluding hydrogens is 337 g/mol. The minimum absolute atomic E-state index is 0. The largest absolute Gasteiger partial charge is 0.377 e. The summed E-state index contributed by atoms with van der Waals surface area (Å²) >= 11 is 0. The first-order valence-electron chi connectivity index (χ1n) is 8.60. The summed E-state index contributed by atoms with van der Waals surface area (Å²) in [7, 11) is 0. The van der Waals surface area contributed by atoms with Crippen molar-refractivity contribution in [3.8, 4) is 0 Å². The molecule has 1 N–H and O–H groups in total. The van der Waals surface area contributed by atoms with E-state index in [1.807, 2.05) is 4.90 Å². The molecule has 0 aromatic rings. The van der Waals surface area contributed by atoms with Gasteiger partial charge in [-0.3, -0.25) is 4.79 Å². The van der Waals surface area contributed by atoms with Crippen molar-refractivity contribution < 1.29 is 9.53 Å². The van der Waals surface area contributed by atoms with Gasteiger partial charge in [-0.1, -0.05) is 13.8 Å². The minimum atomic E-state index is 0. The number of halogens is 2. The van der Waals surface area contributed by atoms with Crippen LogP contribution in [0.1, 0.15) is 39.5 Å². The highest BCUT2D eigenvalue weighted by atomic mass is 35.5. The van der Waals surface area contributed by atoms with Gasteiger partial charge in [-0.15, -0.1) is 24.8 Å². The van der Waals surface area contributed by atoms with Crippen LogP contribution >= 0.6 is 24.8 Å². The molecule has 1 unspecified atom stereocenters. The molecule has 0 bridgehead atoms. The number of carbonyl (C=O) groups is 1. The fraction of sp³-hybridized carbons (Fsp3) is 0.938. The van der Waals surface area contributed by atoms with Crippen molar-refractivity contribution in [2.75, 3.05) is 45.9 Å². The molecule has 2 heterocycles. The van der Waals surface area contributed by atoms with Gasteiger partial charge in [0.1, 0.15) is 0 Å². The standard InChI is InChI=1S/C16H31N3O2.2ClH/c1-3-18(4-2)12-13-21-14-7-10-19(11-8-14)16(20)15-6-5-9-17-15;;/h14-15,17H,3-13H2,1-2H3;2*1H. The van der Waals surface area contributed by atoms with Gasteiger partial charge < -0.3 is 19.9 Å². The Balaban J connectivity index is 0.00000242.